The van der Waals surface area contributed by atoms with Crippen LogP contribution in [0.15, 0.2) is 48.5 Å². The molecule has 0 saturated carbocycles. The predicted octanol–water partition coefficient (Wildman–Crippen LogP) is 4.96. The van der Waals surface area contributed by atoms with Crippen LogP contribution in [0, 0.1) is 6.92 Å². The second kappa shape index (κ2) is 6.99. The van der Waals surface area contributed by atoms with Gasteiger partial charge in [0.25, 0.3) is 0 Å². The summed E-state index contributed by atoms with van der Waals surface area (Å²) in [5.74, 6) is 0.943. The van der Waals surface area contributed by atoms with Crippen LogP contribution in [0.5, 0.6) is 5.75 Å². The number of anilines is 1. The van der Waals surface area contributed by atoms with Gasteiger partial charge in [-0.15, -0.1) is 0 Å². The monoisotopic (exact) mass is 269 g/mol. The zero-order chi connectivity index (χ0) is 14.4. The van der Waals surface area contributed by atoms with Crippen molar-refractivity contribution in [1.82, 2.24) is 0 Å². The summed E-state index contributed by atoms with van der Waals surface area (Å²) in [5.41, 5.74) is 3.68. The normalized spacial score (nSPS) is 11.9. The van der Waals surface area contributed by atoms with Crippen molar-refractivity contribution in [2.24, 2.45) is 0 Å². The molecule has 20 heavy (non-hydrogen) atoms. The highest BCUT2D eigenvalue weighted by atomic mass is 16.5. The van der Waals surface area contributed by atoms with Crippen LogP contribution in [0.25, 0.3) is 0 Å². The topological polar surface area (TPSA) is 21.3 Å². The van der Waals surface area contributed by atoms with E-state index in [4.69, 9.17) is 4.74 Å². The Morgan fingerprint density at radius 2 is 1.85 bits per heavy atom. The number of rotatable bonds is 6. The van der Waals surface area contributed by atoms with E-state index in [1.54, 1.807) is 0 Å². The highest BCUT2D eigenvalue weighted by Crippen LogP contribution is 2.22. The molecule has 0 fully saturated rings. The summed E-state index contributed by atoms with van der Waals surface area (Å²) in [7, 11) is 0. The third kappa shape index (κ3) is 4.02. The van der Waals surface area contributed by atoms with E-state index in [0.717, 1.165) is 24.5 Å². The Kier molecular flexibility index (Phi) is 5.05. The van der Waals surface area contributed by atoms with Crippen LogP contribution in [0.3, 0.4) is 0 Å². The quantitative estimate of drug-likeness (QED) is 0.800. The van der Waals surface area contributed by atoms with Crippen LogP contribution in [0.2, 0.25) is 0 Å². The van der Waals surface area contributed by atoms with Gasteiger partial charge in [-0.1, -0.05) is 31.2 Å². The van der Waals surface area contributed by atoms with Crippen LogP contribution in [0.1, 0.15) is 37.4 Å². The molecular weight excluding hydrogens is 246 g/mol. The first-order chi connectivity index (χ1) is 9.69. The number of hydrogen-bond acceptors (Lipinski definition) is 2. The number of benzene rings is 2. The first-order valence-corrected chi connectivity index (χ1v) is 7.25. The summed E-state index contributed by atoms with van der Waals surface area (Å²) in [6.07, 6.45) is 1.03. The van der Waals surface area contributed by atoms with E-state index in [9.17, 15) is 0 Å². The van der Waals surface area contributed by atoms with E-state index in [1.165, 1.54) is 11.1 Å². The maximum atomic E-state index is 5.60. The Hall–Kier alpha value is -1.96. The molecule has 106 valence electrons. The summed E-state index contributed by atoms with van der Waals surface area (Å²) in [6.45, 7) is 7.17. The molecule has 1 atom stereocenters. The molecule has 0 spiro atoms. The lowest BCUT2D eigenvalue weighted by Gasteiger charge is -2.16. The van der Waals surface area contributed by atoms with Gasteiger partial charge < -0.3 is 10.1 Å². The van der Waals surface area contributed by atoms with E-state index in [1.807, 2.05) is 12.1 Å². The third-order valence-electron chi connectivity index (χ3n) is 3.25. The molecule has 0 saturated heterocycles. The first kappa shape index (κ1) is 14.4. The van der Waals surface area contributed by atoms with Gasteiger partial charge in [0.1, 0.15) is 5.75 Å². The standard InChI is InChI=1S/C18H23NO/c1-4-12-20-18-10-8-16(9-11-18)15(3)19-17-7-5-6-14(2)13-17/h5-11,13,15,19H,4,12H2,1-3H3. The van der Waals surface area contributed by atoms with Crippen molar-refractivity contribution in [3.05, 3.63) is 59.7 Å². The maximum Gasteiger partial charge on any atom is 0.119 e. The maximum absolute atomic E-state index is 5.60. The molecule has 0 aliphatic heterocycles. The Balaban J connectivity index is 2.00. The van der Waals surface area contributed by atoms with Gasteiger partial charge in [-0.05, 0) is 55.7 Å². The van der Waals surface area contributed by atoms with Gasteiger partial charge in [0, 0.05) is 11.7 Å². The minimum absolute atomic E-state index is 0.275. The highest BCUT2D eigenvalue weighted by molar-refractivity contribution is 5.47. The average Bonchev–Trinajstić information content (AvgIpc) is 2.45. The van der Waals surface area contributed by atoms with Crippen LogP contribution in [0.4, 0.5) is 5.69 Å². The number of ether oxygens (including phenoxy) is 1. The minimum Gasteiger partial charge on any atom is -0.494 e. The molecule has 0 aliphatic carbocycles. The van der Waals surface area contributed by atoms with Gasteiger partial charge in [-0.2, -0.15) is 0 Å². The summed E-state index contributed by atoms with van der Waals surface area (Å²) >= 11 is 0. The molecule has 2 rings (SSSR count). The van der Waals surface area contributed by atoms with Gasteiger partial charge >= 0.3 is 0 Å². The lowest BCUT2D eigenvalue weighted by Crippen LogP contribution is -2.06. The smallest absolute Gasteiger partial charge is 0.119 e. The van der Waals surface area contributed by atoms with Crippen LogP contribution >= 0.6 is 0 Å². The summed E-state index contributed by atoms with van der Waals surface area (Å²) in [4.78, 5) is 0. The van der Waals surface area contributed by atoms with E-state index >= 15 is 0 Å². The largest absolute Gasteiger partial charge is 0.494 e. The SMILES string of the molecule is CCCOc1ccc(C(C)Nc2cccc(C)c2)cc1. The second-order valence-electron chi connectivity index (χ2n) is 5.15. The zero-order valence-electron chi connectivity index (χ0n) is 12.5. The average molecular weight is 269 g/mol. The van der Waals surface area contributed by atoms with Gasteiger partial charge in [0.05, 0.1) is 6.61 Å². The van der Waals surface area contributed by atoms with E-state index in [2.05, 4.69) is 62.5 Å². The van der Waals surface area contributed by atoms with E-state index < -0.39 is 0 Å². The Morgan fingerprint density at radius 1 is 1.10 bits per heavy atom. The second-order valence-corrected chi connectivity index (χ2v) is 5.15. The fraction of sp³-hybridized carbons (Fsp3) is 0.333. The molecule has 2 aromatic rings. The van der Waals surface area contributed by atoms with Crippen molar-refractivity contribution in [3.8, 4) is 5.75 Å². The van der Waals surface area contributed by atoms with Crippen molar-refractivity contribution in [2.45, 2.75) is 33.2 Å². The highest BCUT2D eigenvalue weighted by Gasteiger charge is 2.05. The fourth-order valence-corrected chi connectivity index (χ4v) is 2.14. The van der Waals surface area contributed by atoms with Crippen molar-refractivity contribution in [3.63, 3.8) is 0 Å². The Morgan fingerprint density at radius 3 is 2.50 bits per heavy atom. The molecule has 0 heterocycles. The Labute approximate surface area is 121 Å². The minimum atomic E-state index is 0.275. The van der Waals surface area contributed by atoms with E-state index in [-0.39, 0.29) is 6.04 Å². The van der Waals surface area contributed by atoms with Crippen molar-refractivity contribution in [2.75, 3.05) is 11.9 Å². The molecule has 2 heteroatoms. The van der Waals surface area contributed by atoms with Gasteiger partial charge in [-0.25, -0.2) is 0 Å². The first-order valence-electron chi connectivity index (χ1n) is 7.25. The summed E-state index contributed by atoms with van der Waals surface area (Å²) in [6, 6.07) is 17.0. The molecule has 1 unspecified atom stereocenters. The van der Waals surface area contributed by atoms with Crippen molar-refractivity contribution < 1.29 is 4.74 Å². The molecule has 0 bridgehead atoms. The van der Waals surface area contributed by atoms with Gasteiger partial charge in [-0.3, -0.25) is 0 Å². The van der Waals surface area contributed by atoms with Crippen molar-refractivity contribution >= 4 is 5.69 Å². The van der Waals surface area contributed by atoms with Crippen LogP contribution in [-0.4, -0.2) is 6.61 Å². The van der Waals surface area contributed by atoms with Crippen LogP contribution < -0.4 is 10.1 Å². The lowest BCUT2D eigenvalue weighted by molar-refractivity contribution is 0.317. The molecule has 2 nitrogen and oxygen atoms in total. The van der Waals surface area contributed by atoms with Gasteiger partial charge in [0.2, 0.25) is 0 Å². The third-order valence-corrected chi connectivity index (χ3v) is 3.25. The lowest BCUT2D eigenvalue weighted by atomic mass is 10.1. The number of hydrogen-bond donors (Lipinski definition) is 1. The molecule has 0 radical (unpaired) electrons. The van der Waals surface area contributed by atoms with Crippen molar-refractivity contribution in [1.29, 1.82) is 0 Å². The van der Waals surface area contributed by atoms with Crippen LogP contribution in [-0.2, 0) is 0 Å². The predicted molar refractivity (Wildman–Crippen MR) is 85.4 cm³/mol. The summed E-state index contributed by atoms with van der Waals surface area (Å²) < 4.78 is 5.60. The molecule has 0 amide bonds. The number of aryl methyl sites for hydroxylation is 1. The fourth-order valence-electron chi connectivity index (χ4n) is 2.14. The molecule has 2 aromatic carbocycles. The van der Waals surface area contributed by atoms with E-state index in [0.29, 0.717) is 0 Å². The molecule has 0 aliphatic rings. The Bertz CT molecular complexity index is 533. The van der Waals surface area contributed by atoms with Gasteiger partial charge in [0.15, 0.2) is 0 Å². The zero-order valence-corrected chi connectivity index (χ0v) is 12.5. The summed E-state index contributed by atoms with van der Waals surface area (Å²) in [5, 5.41) is 3.52. The molecular formula is C18H23NO. The molecule has 0 aromatic heterocycles. The number of nitrogens with one attached hydrogen (secondary N) is 1. The molecule has 1 N–H and O–H groups in total.